The number of nitrogens with one attached hydrogen (secondary N) is 1. The number of hydrogen-bond acceptors (Lipinski definition) is 3. The Balaban J connectivity index is 3.07. The lowest BCUT2D eigenvalue weighted by molar-refractivity contribution is -0.387. The predicted molar refractivity (Wildman–Crippen MR) is 60.2 cm³/mol. The van der Waals surface area contributed by atoms with E-state index in [2.05, 4.69) is 11.9 Å². The molecule has 0 aliphatic heterocycles. The molecular formula is C11H10F2N2O3. The third-order valence-electron chi connectivity index (χ3n) is 2.13. The minimum Gasteiger partial charge on any atom is -0.352 e. The summed E-state index contributed by atoms with van der Waals surface area (Å²) in [5, 5.41) is 12.7. The van der Waals surface area contributed by atoms with E-state index < -0.39 is 33.7 Å². The van der Waals surface area contributed by atoms with Crippen molar-refractivity contribution in [2.75, 3.05) is 6.54 Å². The molecule has 1 amide bonds. The van der Waals surface area contributed by atoms with Crippen LogP contribution in [0.1, 0.15) is 16.8 Å². The first-order valence-corrected chi connectivity index (χ1v) is 5.00. The highest BCUT2D eigenvalue weighted by molar-refractivity contribution is 5.95. The van der Waals surface area contributed by atoms with Crippen molar-refractivity contribution in [1.29, 1.82) is 0 Å². The van der Waals surface area contributed by atoms with Gasteiger partial charge in [-0.15, -0.1) is 6.58 Å². The fraction of sp³-hybridized carbons (Fsp3) is 0.182. The molecular weight excluding hydrogens is 246 g/mol. The summed E-state index contributed by atoms with van der Waals surface area (Å²) in [6.45, 7) is 3.56. The van der Waals surface area contributed by atoms with Gasteiger partial charge in [0.1, 0.15) is 11.4 Å². The number of carbonyl (C=O) groups excluding carboxylic acids is 1. The molecule has 0 saturated heterocycles. The van der Waals surface area contributed by atoms with Gasteiger partial charge in [0.2, 0.25) is 5.82 Å². The molecule has 0 aliphatic rings. The van der Waals surface area contributed by atoms with E-state index in [0.717, 1.165) is 0 Å². The normalized spacial score (nSPS) is 9.89. The summed E-state index contributed by atoms with van der Waals surface area (Å²) in [4.78, 5) is 20.9. The fourth-order valence-electron chi connectivity index (χ4n) is 1.27. The molecule has 1 aromatic carbocycles. The number of nitro groups is 1. The average Bonchev–Trinajstić information content (AvgIpc) is 2.28. The number of benzene rings is 1. The van der Waals surface area contributed by atoms with E-state index in [1.165, 1.54) is 6.08 Å². The van der Waals surface area contributed by atoms with E-state index >= 15 is 0 Å². The van der Waals surface area contributed by atoms with Gasteiger partial charge in [0.25, 0.3) is 5.91 Å². The van der Waals surface area contributed by atoms with Crippen molar-refractivity contribution in [1.82, 2.24) is 5.32 Å². The number of halogens is 2. The molecule has 0 spiro atoms. The molecule has 0 aliphatic carbocycles. The van der Waals surface area contributed by atoms with Crippen LogP contribution in [0.15, 0.2) is 24.8 Å². The monoisotopic (exact) mass is 256 g/mol. The maximum absolute atomic E-state index is 13.6. The van der Waals surface area contributed by atoms with Gasteiger partial charge in [0.05, 0.1) is 4.92 Å². The van der Waals surface area contributed by atoms with Crippen LogP contribution in [0.3, 0.4) is 0 Å². The minimum absolute atomic E-state index is 0.143. The van der Waals surface area contributed by atoms with Crippen LogP contribution in [0.25, 0.3) is 0 Å². The molecule has 0 saturated carbocycles. The Morgan fingerprint density at radius 2 is 2.17 bits per heavy atom. The summed E-state index contributed by atoms with van der Waals surface area (Å²) in [5.74, 6) is -3.65. The molecule has 18 heavy (non-hydrogen) atoms. The molecule has 0 unspecified atom stereocenters. The second-order valence-corrected chi connectivity index (χ2v) is 3.35. The smallest absolute Gasteiger partial charge is 0.305 e. The highest BCUT2D eigenvalue weighted by Crippen LogP contribution is 2.22. The zero-order chi connectivity index (χ0) is 13.7. The van der Waals surface area contributed by atoms with Crippen LogP contribution in [-0.4, -0.2) is 17.4 Å². The quantitative estimate of drug-likeness (QED) is 0.380. The standard InChI is InChI=1S/C11H10F2N2O3/c1-2-3-6-14-11(16)9-7(12)4-5-8(10(9)13)15(17)18/h2,4-5H,1,3,6H2,(H,14,16). The van der Waals surface area contributed by atoms with Gasteiger partial charge in [-0.25, -0.2) is 4.39 Å². The Bertz CT molecular complexity index is 503. The van der Waals surface area contributed by atoms with E-state index in [9.17, 15) is 23.7 Å². The number of amides is 1. The maximum Gasteiger partial charge on any atom is 0.305 e. The predicted octanol–water partition coefficient (Wildman–Crippen LogP) is 2.18. The third-order valence-corrected chi connectivity index (χ3v) is 2.13. The van der Waals surface area contributed by atoms with Crippen molar-refractivity contribution in [3.8, 4) is 0 Å². The topological polar surface area (TPSA) is 72.2 Å². The molecule has 1 aromatic rings. The van der Waals surface area contributed by atoms with Crippen LogP contribution in [0.2, 0.25) is 0 Å². The van der Waals surface area contributed by atoms with Crippen molar-refractivity contribution >= 4 is 11.6 Å². The van der Waals surface area contributed by atoms with Crippen molar-refractivity contribution in [3.05, 3.63) is 52.1 Å². The highest BCUT2D eigenvalue weighted by Gasteiger charge is 2.25. The van der Waals surface area contributed by atoms with Gasteiger partial charge < -0.3 is 5.32 Å². The van der Waals surface area contributed by atoms with Gasteiger partial charge in [-0.05, 0) is 12.5 Å². The van der Waals surface area contributed by atoms with E-state index in [0.29, 0.717) is 18.6 Å². The molecule has 0 aromatic heterocycles. The van der Waals surface area contributed by atoms with E-state index in [4.69, 9.17) is 0 Å². The molecule has 0 heterocycles. The first kappa shape index (κ1) is 13.8. The van der Waals surface area contributed by atoms with Crippen molar-refractivity contribution in [2.45, 2.75) is 6.42 Å². The Labute approximate surface area is 101 Å². The SMILES string of the molecule is C=CCCNC(=O)c1c(F)ccc([N+](=O)[O-])c1F. The summed E-state index contributed by atoms with van der Waals surface area (Å²) in [6, 6.07) is 1.36. The number of hydrogen-bond donors (Lipinski definition) is 1. The van der Waals surface area contributed by atoms with Gasteiger partial charge in [-0.2, -0.15) is 4.39 Å². The van der Waals surface area contributed by atoms with Gasteiger partial charge in [0, 0.05) is 12.6 Å². The Hall–Kier alpha value is -2.31. The Kier molecular flexibility index (Phi) is 4.47. The fourth-order valence-corrected chi connectivity index (χ4v) is 1.27. The number of nitro benzene ring substituents is 1. The zero-order valence-corrected chi connectivity index (χ0v) is 9.28. The lowest BCUT2D eigenvalue weighted by Gasteiger charge is -2.06. The molecule has 0 radical (unpaired) electrons. The van der Waals surface area contributed by atoms with Gasteiger partial charge in [-0.1, -0.05) is 6.08 Å². The first-order valence-electron chi connectivity index (χ1n) is 5.00. The largest absolute Gasteiger partial charge is 0.352 e. The van der Waals surface area contributed by atoms with Crippen LogP contribution >= 0.6 is 0 Å². The highest BCUT2D eigenvalue weighted by atomic mass is 19.1. The minimum atomic E-state index is -1.48. The summed E-state index contributed by atoms with van der Waals surface area (Å²) in [6.07, 6.45) is 1.93. The number of carbonyl (C=O) groups is 1. The maximum atomic E-state index is 13.6. The second kappa shape index (κ2) is 5.85. The zero-order valence-electron chi connectivity index (χ0n) is 9.28. The average molecular weight is 256 g/mol. The summed E-state index contributed by atoms with van der Waals surface area (Å²) < 4.78 is 26.9. The van der Waals surface area contributed by atoms with Crippen LogP contribution in [0.4, 0.5) is 14.5 Å². The Morgan fingerprint density at radius 1 is 1.50 bits per heavy atom. The summed E-state index contributed by atoms with van der Waals surface area (Å²) >= 11 is 0. The molecule has 0 atom stereocenters. The number of nitrogens with zero attached hydrogens (tertiary/aromatic N) is 1. The van der Waals surface area contributed by atoms with Crippen LogP contribution in [0.5, 0.6) is 0 Å². The van der Waals surface area contributed by atoms with E-state index in [1.54, 1.807) is 0 Å². The molecule has 7 heteroatoms. The van der Waals surface area contributed by atoms with Crippen molar-refractivity contribution < 1.29 is 18.5 Å². The van der Waals surface area contributed by atoms with E-state index in [-0.39, 0.29) is 6.54 Å². The van der Waals surface area contributed by atoms with Gasteiger partial charge >= 0.3 is 5.69 Å². The van der Waals surface area contributed by atoms with Crippen LogP contribution < -0.4 is 5.32 Å². The van der Waals surface area contributed by atoms with Crippen molar-refractivity contribution in [3.63, 3.8) is 0 Å². The van der Waals surface area contributed by atoms with Gasteiger partial charge in [0.15, 0.2) is 0 Å². The molecule has 0 bridgehead atoms. The third kappa shape index (κ3) is 2.88. The molecule has 1 N–H and O–H groups in total. The van der Waals surface area contributed by atoms with Crippen molar-refractivity contribution in [2.24, 2.45) is 0 Å². The van der Waals surface area contributed by atoms with Crippen LogP contribution in [-0.2, 0) is 0 Å². The van der Waals surface area contributed by atoms with Gasteiger partial charge in [-0.3, -0.25) is 14.9 Å². The summed E-state index contributed by atoms with van der Waals surface area (Å²) in [7, 11) is 0. The lowest BCUT2D eigenvalue weighted by Crippen LogP contribution is -2.26. The second-order valence-electron chi connectivity index (χ2n) is 3.35. The molecule has 1 rings (SSSR count). The lowest BCUT2D eigenvalue weighted by atomic mass is 10.1. The molecule has 5 nitrogen and oxygen atoms in total. The Morgan fingerprint density at radius 3 is 2.72 bits per heavy atom. The number of rotatable bonds is 5. The first-order chi connectivity index (χ1) is 8.49. The molecule has 96 valence electrons. The van der Waals surface area contributed by atoms with Crippen LogP contribution in [0, 0.1) is 21.7 Å². The summed E-state index contributed by atoms with van der Waals surface area (Å²) in [5.41, 5.74) is -1.89. The molecule has 0 fully saturated rings. The van der Waals surface area contributed by atoms with E-state index in [1.807, 2.05) is 0 Å².